The third-order valence-corrected chi connectivity index (χ3v) is 2.51. The van der Waals surface area contributed by atoms with E-state index >= 15 is 0 Å². The number of aldehydes is 1. The molecule has 0 N–H and O–H groups in total. The first-order valence-electron chi connectivity index (χ1n) is 4.96. The molecule has 1 heterocycles. The van der Waals surface area contributed by atoms with E-state index in [4.69, 9.17) is 0 Å². The van der Waals surface area contributed by atoms with Gasteiger partial charge in [0.2, 0.25) is 0 Å². The standard InChI is InChI=1S/C10H14F3NO/c11-10(12,13)5-7-14-6-1-3-9(14)4-2-8-15/h2,4,8-9H,1,3,5-7H2/b4-2+/t9-/m0/s1. The monoisotopic (exact) mass is 221 g/mol. The molecule has 0 bridgehead atoms. The Morgan fingerprint density at radius 3 is 2.73 bits per heavy atom. The first-order chi connectivity index (χ1) is 7.03. The van der Waals surface area contributed by atoms with Gasteiger partial charge in [-0.15, -0.1) is 0 Å². The molecule has 0 aromatic heterocycles. The molecule has 0 radical (unpaired) electrons. The number of alkyl halides is 3. The average Bonchev–Trinajstić information content (AvgIpc) is 2.57. The van der Waals surface area contributed by atoms with Crippen LogP contribution in [-0.4, -0.2) is 36.5 Å². The highest BCUT2D eigenvalue weighted by Crippen LogP contribution is 2.24. The van der Waals surface area contributed by atoms with Crippen LogP contribution in [0, 0.1) is 0 Å². The lowest BCUT2D eigenvalue weighted by Crippen LogP contribution is -2.31. The van der Waals surface area contributed by atoms with Crippen LogP contribution in [0.4, 0.5) is 13.2 Å². The van der Waals surface area contributed by atoms with Gasteiger partial charge in [0, 0.05) is 12.6 Å². The molecule has 1 saturated heterocycles. The number of halogens is 3. The normalized spacial score (nSPS) is 23.8. The molecule has 1 aliphatic heterocycles. The van der Waals surface area contributed by atoms with Crippen molar-refractivity contribution in [2.75, 3.05) is 13.1 Å². The van der Waals surface area contributed by atoms with E-state index in [9.17, 15) is 18.0 Å². The molecular formula is C10H14F3NO. The lowest BCUT2D eigenvalue weighted by molar-refractivity contribution is -0.138. The zero-order valence-electron chi connectivity index (χ0n) is 8.33. The summed E-state index contributed by atoms with van der Waals surface area (Å²) in [6.45, 7) is 0.710. The zero-order valence-corrected chi connectivity index (χ0v) is 8.33. The minimum absolute atomic E-state index is 0.00227. The van der Waals surface area contributed by atoms with Crippen molar-refractivity contribution in [3.05, 3.63) is 12.2 Å². The summed E-state index contributed by atoms with van der Waals surface area (Å²) in [5, 5.41) is 0. The summed E-state index contributed by atoms with van der Waals surface area (Å²) in [4.78, 5) is 11.9. The number of carbonyl (C=O) groups is 1. The van der Waals surface area contributed by atoms with Crippen molar-refractivity contribution >= 4 is 6.29 Å². The van der Waals surface area contributed by atoms with Gasteiger partial charge in [-0.1, -0.05) is 6.08 Å². The van der Waals surface area contributed by atoms with E-state index in [1.807, 2.05) is 0 Å². The summed E-state index contributed by atoms with van der Waals surface area (Å²) in [6.07, 6.45) is 0.543. The van der Waals surface area contributed by atoms with Crippen molar-refractivity contribution in [2.24, 2.45) is 0 Å². The number of hydrogen-bond donors (Lipinski definition) is 0. The molecule has 0 unspecified atom stereocenters. The lowest BCUT2D eigenvalue weighted by Gasteiger charge is -2.22. The summed E-state index contributed by atoms with van der Waals surface area (Å²) in [6, 6.07) is -0.00227. The third-order valence-electron chi connectivity index (χ3n) is 2.51. The molecule has 0 spiro atoms. The van der Waals surface area contributed by atoms with E-state index in [1.165, 1.54) is 6.08 Å². The maximum absolute atomic E-state index is 12.0. The van der Waals surface area contributed by atoms with Crippen LogP contribution in [-0.2, 0) is 4.79 Å². The van der Waals surface area contributed by atoms with Gasteiger partial charge in [-0.2, -0.15) is 13.2 Å². The topological polar surface area (TPSA) is 20.3 Å². The van der Waals surface area contributed by atoms with E-state index in [1.54, 1.807) is 11.0 Å². The fraction of sp³-hybridized carbons (Fsp3) is 0.700. The summed E-state index contributed by atoms with van der Waals surface area (Å²) >= 11 is 0. The van der Waals surface area contributed by atoms with Crippen molar-refractivity contribution in [3.8, 4) is 0 Å². The highest BCUT2D eigenvalue weighted by molar-refractivity contribution is 5.64. The molecule has 15 heavy (non-hydrogen) atoms. The van der Waals surface area contributed by atoms with Crippen molar-refractivity contribution in [3.63, 3.8) is 0 Å². The van der Waals surface area contributed by atoms with Crippen molar-refractivity contribution in [1.29, 1.82) is 0 Å². The molecule has 86 valence electrons. The largest absolute Gasteiger partial charge is 0.390 e. The Bertz CT molecular complexity index is 237. The van der Waals surface area contributed by atoms with E-state index in [0.717, 1.165) is 12.8 Å². The molecule has 2 nitrogen and oxygen atoms in total. The fourth-order valence-electron chi connectivity index (χ4n) is 1.79. The minimum Gasteiger partial charge on any atom is -0.299 e. The van der Waals surface area contributed by atoms with Crippen molar-refractivity contribution in [1.82, 2.24) is 4.90 Å². The van der Waals surface area contributed by atoms with E-state index in [-0.39, 0.29) is 12.6 Å². The number of hydrogen-bond acceptors (Lipinski definition) is 2. The van der Waals surface area contributed by atoms with Crippen LogP contribution < -0.4 is 0 Å². The minimum atomic E-state index is -4.10. The maximum atomic E-state index is 12.0. The summed E-state index contributed by atoms with van der Waals surface area (Å²) in [5.41, 5.74) is 0. The Balaban J connectivity index is 2.39. The molecule has 0 aliphatic carbocycles. The molecule has 0 amide bonds. The number of allylic oxidation sites excluding steroid dienone is 1. The van der Waals surface area contributed by atoms with Crippen LogP contribution in [0.5, 0.6) is 0 Å². The van der Waals surface area contributed by atoms with Crippen LogP contribution in [0.3, 0.4) is 0 Å². The van der Waals surface area contributed by atoms with Gasteiger partial charge in [0.1, 0.15) is 6.29 Å². The molecule has 1 fully saturated rings. The Morgan fingerprint density at radius 2 is 2.13 bits per heavy atom. The lowest BCUT2D eigenvalue weighted by atomic mass is 10.2. The van der Waals surface area contributed by atoms with Crippen LogP contribution in [0.1, 0.15) is 19.3 Å². The summed E-state index contributed by atoms with van der Waals surface area (Å²) in [5.74, 6) is 0. The zero-order chi connectivity index (χ0) is 11.3. The van der Waals surface area contributed by atoms with Gasteiger partial charge in [-0.3, -0.25) is 9.69 Å². The molecule has 5 heteroatoms. The van der Waals surface area contributed by atoms with E-state index < -0.39 is 12.6 Å². The van der Waals surface area contributed by atoms with Crippen LogP contribution in [0.25, 0.3) is 0 Å². The van der Waals surface area contributed by atoms with Gasteiger partial charge >= 0.3 is 6.18 Å². The molecular weight excluding hydrogens is 207 g/mol. The Kier molecular flexibility index (Phi) is 4.32. The molecule has 1 aliphatic rings. The van der Waals surface area contributed by atoms with E-state index in [2.05, 4.69) is 0 Å². The molecule has 0 aromatic carbocycles. The maximum Gasteiger partial charge on any atom is 0.390 e. The Labute approximate surface area is 86.7 Å². The second-order valence-electron chi connectivity index (χ2n) is 3.63. The highest BCUT2D eigenvalue weighted by atomic mass is 19.4. The summed E-state index contributed by atoms with van der Waals surface area (Å²) < 4.78 is 36.0. The highest BCUT2D eigenvalue weighted by Gasteiger charge is 2.30. The Morgan fingerprint density at radius 1 is 1.40 bits per heavy atom. The van der Waals surface area contributed by atoms with Crippen LogP contribution in [0.2, 0.25) is 0 Å². The van der Waals surface area contributed by atoms with Gasteiger partial charge < -0.3 is 0 Å². The predicted octanol–water partition coefficient (Wildman–Crippen LogP) is 2.16. The molecule has 0 saturated carbocycles. The van der Waals surface area contributed by atoms with E-state index in [0.29, 0.717) is 12.8 Å². The Hall–Kier alpha value is -0.840. The molecule has 0 aromatic rings. The van der Waals surface area contributed by atoms with Crippen molar-refractivity contribution in [2.45, 2.75) is 31.5 Å². The van der Waals surface area contributed by atoms with Gasteiger partial charge in [0.25, 0.3) is 0 Å². The SMILES string of the molecule is O=C/C=C/[C@@H]1CCCN1CCC(F)(F)F. The van der Waals surface area contributed by atoms with Crippen LogP contribution >= 0.6 is 0 Å². The first-order valence-corrected chi connectivity index (χ1v) is 4.96. The van der Waals surface area contributed by atoms with Gasteiger partial charge in [0.05, 0.1) is 6.42 Å². The average molecular weight is 221 g/mol. The number of likely N-dealkylation sites (tertiary alicyclic amines) is 1. The number of nitrogens with zero attached hydrogens (tertiary/aromatic N) is 1. The predicted molar refractivity (Wildman–Crippen MR) is 50.5 cm³/mol. The van der Waals surface area contributed by atoms with Crippen molar-refractivity contribution < 1.29 is 18.0 Å². The number of carbonyl (C=O) groups excluding carboxylic acids is 1. The first kappa shape index (κ1) is 12.2. The second-order valence-corrected chi connectivity index (χ2v) is 3.63. The number of rotatable bonds is 4. The third kappa shape index (κ3) is 4.46. The quantitative estimate of drug-likeness (QED) is 0.535. The molecule has 1 atom stereocenters. The van der Waals surface area contributed by atoms with Gasteiger partial charge in [0.15, 0.2) is 0 Å². The van der Waals surface area contributed by atoms with Crippen LogP contribution in [0.15, 0.2) is 12.2 Å². The van der Waals surface area contributed by atoms with Gasteiger partial charge in [-0.25, -0.2) is 0 Å². The second kappa shape index (κ2) is 5.30. The van der Waals surface area contributed by atoms with Gasteiger partial charge in [-0.05, 0) is 25.5 Å². The molecule has 1 rings (SSSR count). The smallest absolute Gasteiger partial charge is 0.299 e. The fourth-order valence-corrected chi connectivity index (χ4v) is 1.79. The summed E-state index contributed by atoms with van der Waals surface area (Å²) in [7, 11) is 0.